The van der Waals surface area contributed by atoms with E-state index in [4.69, 9.17) is 9.47 Å². The number of piperazine rings is 2. The van der Waals surface area contributed by atoms with Crippen LogP contribution in [0.15, 0.2) is 70.5 Å². The van der Waals surface area contributed by atoms with Crippen molar-refractivity contribution in [2.75, 3.05) is 84.5 Å². The number of phenolic OH excluding ortho intramolecular Hbond substituents is 2. The lowest BCUT2D eigenvalue weighted by Gasteiger charge is -2.37. The molecule has 15 nitrogen and oxygen atoms in total. The maximum Gasteiger partial charge on any atom is 0.200 e. The molecule has 0 unspecified atom stereocenters. The van der Waals surface area contributed by atoms with Gasteiger partial charge in [0.15, 0.2) is 41.4 Å². The van der Waals surface area contributed by atoms with Crippen LogP contribution in [0.3, 0.4) is 0 Å². The first-order chi connectivity index (χ1) is 29.3. The summed E-state index contributed by atoms with van der Waals surface area (Å²) in [5, 5.41) is 22.2. The molecule has 0 radical (unpaired) electrons. The SMILES string of the molecule is CC(C)Oc1c(C(=O)c2cc(S(C)(=O)=O)cc(N3CCN(c4nc5c(O)cccc5s4)CC3)c2OC(C)C)cc(S(C)(=O)=O)cc1N1CCN(c2nc3c(O)cccc3s2)CC1. The highest BCUT2D eigenvalue weighted by Crippen LogP contribution is 2.44. The maximum atomic E-state index is 15.3. The Kier molecular flexibility index (Phi) is 11.7. The molecule has 2 aliphatic heterocycles. The molecule has 0 atom stereocenters. The van der Waals surface area contributed by atoms with E-state index in [1.807, 2.05) is 49.6 Å². The number of carbonyl (C=O) groups excluding carboxylic acids is 1. The number of phenols is 2. The number of anilines is 4. The zero-order chi connectivity index (χ0) is 44.2. The predicted molar refractivity (Wildman–Crippen MR) is 245 cm³/mol. The highest BCUT2D eigenvalue weighted by Gasteiger charge is 2.33. The lowest BCUT2D eigenvalue weighted by atomic mass is 9.98. The van der Waals surface area contributed by atoms with Crippen molar-refractivity contribution in [3.63, 3.8) is 0 Å². The fraction of sp³-hybridized carbons (Fsp3) is 0.372. The Hall–Kier alpha value is -5.37. The van der Waals surface area contributed by atoms with Gasteiger partial charge in [-0.05, 0) is 76.2 Å². The monoisotopic (exact) mass is 920 g/mol. The van der Waals surface area contributed by atoms with Crippen molar-refractivity contribution in [1.82, 2.24) is 9.97 Å². The normalized spacial score (nSPS) is 15.4. The van der Waals surface area contributed by atoms with Gasteiger partial charge in [-0.2, -0.15) is 0 Å². The van der Waals surface area contributed by atoms with Crippen molar-refractivity contribution in [2.45, 2.75) is 49.7 Å². The number of hydrogen-bond acceptors (Lipinski definition) is 17. The summed E-state index contributed by atoms with van der Waals surface area (Å²) in [5.41, 5.74) is 1.80. The number of hydrogen-bond donors (Lipinski definition) is 2. The second-order valence-corrected chi connectivity index (χ2v) is 22.1. The molecule has 328 valence electrons. The van der Waals surface area contributed by atoms with Gasteiger partial charge in [-0.25, -0.2) is 26.8 Å². The van der Waals surface area contributed by atoms with Gasteiger partial charge in [0, 0.05) is 64.9 Å². The minimum absolute atomic E-state index is 0.0465. The summed E-state index contributed by atoms with van der Waals surface area (Å²) in [4.78, 5) is 32.7. The highest BCUT2D eigenvalue weighted by molar-refractivity contribution is 7.91. The van der Waals surface area contributed by atoms with E-state index < -0.39 is 37.7 Å². The average molecular weight is 921 g/mol. The van der Waals surface area contributed by atoms with Gasteiger partial charge in [0.05, 0.1) is 53.9 Å². The van der Waals surface area contributed by atoms with Gasteiger partial charge in [-0.3, -0.25) is 4.79 Å². The fourth-order valence-corrected chi connectivity index (χ4v) is 11.1. The van der Waals surface area contributed by atoms with Crippen LogP contribution < -0.4 is 29.1 Å². The number of benzene rings is 4. The van der Waals surface area contributed by atoms with E-state index >= 15 is 4.79 Å². The minimum atomic E-state index is -3.88. The summed E-state index contributed by atoms with van der Waals surface area (Å²) in [6.45, 7) is 11.0. The summed E-state index contributed by atoms with van der Waals surface area (Å²) in [6, 6.07) is 16.3. The van der Waals surface area contributed by atoms with Crippen LogP contribution in [0.5, 0.6) is 23.0 Å². The topological polar surface area (TPSA) is 183 Å². The molecule has 0 bridgehead atoms. The van der Waals surface area contributed by atoms with Crippen LogP contribution in [0.4, 0.5) is 21.6 Å². The third-order valence-corrected chi connectivity index (χ3v) is 15.0. The molecular formula is C43H48N6O9S4. The third kappa shape index (κ3) is 8.67. The number of rotatable bonds is 12. The molecule has 8 rings (SSSR count). The molecule has 2 aliphatic rings. The number of sulfone groups is 2. The summed E-state index contributed by atoms with van der Waals surface area (Å²) in [6.07, 6.45) is 1.30. The summed E-state index contributed by atoms with van der Waals surface area (Å²) >= 11 is 2.94. The first-order valence-electron chi connectivity index (χ1n) is 20.2. The van der Waals surface area contributed by atoms with Crippen LogP contribution in [-0.2, 0) is 19.7 Å². The van der Waals surface area contributed by atoms with Gasteiger partial charge in [-0.1, -0.05) is 34.8 Å². The van der Waals surface area contributed by atoms with Crippen molar-refractivity contribution >= 4 is 90.2 Å². The molecular weight excluding hydrogens is 873 g/mol. The summed E-state index contributed by atoms with van der Waals surface area (Å²) < 4.78 is 68.1. The molecule has 6 aromatic rings. The molecule has 2 saturated heterocycles. The molecule has 0 aliphatic carbocycles. The minimum Gasteiger partial charge on any atom is -0.506 e. The Morgan fingerprint density at radius 2 is 0.952 bits per heavy atom. The molecule has 0 spiro atoms. The van der Waals surface area contributed by atoms with Crippen molar-refractivity contribution in [3.05, 3.63) is 71.8 Å². The second kappa shape index (κ2) is 16.7. The van der Waals surface area contributed by atoms with Crippen LogP contribution in [0.1, 0.15) is 43.6 Å². The van der Waals surface area contributed by atoms with Gasteiger partial charge < -0.3 is 39.3 Å². The number of ketones is 1. The largest absolute Gasteiger partial charge is 0.506 e. The van der Waals surface area contributed by atoms with Crippen molar-refractivity contribution < 1.29 is 41.3 Å². The van der Waals surface area contributed by atoms with Crippen molar-refractivity contribution in [2.24, 2.45) is 0 Å². The van der Waals surface area contributed by atoms with E-state index in [-0.39, 0.29) is 43.9 Å². The lowest BCUT2D eigenvalue weighted by molar-refractivity contribution is 0.102. The van der Waals surface area contributed by atoms with Crippen LogP contribution in [0.2, 0.25) is 0 Å². The van der Waals surface area contributed by atoms with E-state index in [1.54, 1.807) is 24.3 Å². The van der Waals surface area contributed by atoms with Gasteiger partial charge >= 0.3 is 0 Å². The Morgan fingerprint density at radius 3 is 1.27 bits per heavy atom. The van der Waals surface area contributed by atoms with Crippen LogP contribution in [-0.4, -0.2) is 120 Å². The second-order valence-electron chi connectivity index (χ2n) is 16.0. The van der Waals surface area contributed by atoms with Crippen LogP contribution in [0.25, 0.3) is 20.4 Å². The molecule has 0 saturated carbocycles. The standard InChI is InChI=1S/C43H48N6O9S4/c1-25(2)57-40-29(21-27(61(5,53)54)23-31(40)46-13-17-48(18-14-46)42-44-37-33(50)9-7-11-35(37)59-42)39(52)30-22-28(62(6,55)56)24-32(41(30)58-26(3)4)47-15-19-49(20-16-47)43-45-38-34(51)10-8-12-36(38)60-43/h7-12,21-26,50-51H,13-20H2,1-6H3. The number of ether oxygens (including phenoxy) is 2. The highest BCUT2D eigenvalue weighted by atomic mass is 32.2. The number of aromatic nitrogens is 2. The van der Waals surface area contributed by atoms with Crippen molar-refractivity contribution in [3.8, 4) is 23.0 Å². The Labute approximate surface area is 368 Å². The molecule has 2 fully saturated rings. The van der Waals surface area contributed by atoms with Gasteiger partial charge in [0.1, 0.15) is 22.5 Å². The van der Waals surface area contributed by atoms with E-state index in [2.05, 4.69) is 19.8 Å². The number of carbonyl (C=O) groups is 1. The van der Waals surface area contributed by atoms with E-state index in [0.717, 1.165) is 32.2 Å². The van der Waals surface area contributed by atoms with Gasteiger partial charge in [-0.15, -0.1) is 0 Å². The summed E-state index contributed by atoms with van der Waals surface area (Å²) in [7, 11) is -7.76. The molecule has 19 heteroatoms. The summed E-state index contributed by atoms with van der Waals surface area (Å²) in [5.74, 6) is -0.0942. The van der Waals surface area contributed by atoms with Gasteiger partial charge in [0.25, 0.3) is 0 Å². The molecule has 2 N–H and O–H groups in total. The Balaban J connectivity index is 1.18. The quantitative estimate of drug-likeness (QED) is 0.125. The Bertz CT molecular complexity index is 2720. The third-order valence-electron chi connectivity index (χ3n) is 10.7. The zero-order valence-electron chi connectivity index (χ0n) is 35.2. The first kappa shape index (κ1) is 43.3. The zero-order valence-corrected chi connectivity index (χ0v) is 38.4. The molecule has 62 heavy (non-hydrogen) atoms. The Morgan fingerprint density at radius 1 is 0.597 bits per heavy atom. The molecule has 4 aromatic carbocycles. The maximum absolute atomic E-state index is 15.3. The van der Waals surface area contributed by atoms with Crippen molar-refractivity contribution in [1.29, 1.82) is 0 Å². The smallest absolute Gasteiger partial charge is 0.200 e. The van der Waals surface area contributed by atoms with Crippen LogP contribution in [0, 0.1) is 0 Å². The first-order valence-corrected chi connectivity index (χ1v) is 25.6. The number of aromatic hydroxyl groups is 2. The number of para-hydroxylation sites is 2. The predicted octanol–water partition coefficient (Wildman–Crippen LogP) is 6.58. The van der Waals surface area contributed by atoms with Gasteiger partial charge in [0.2, 0.25) is 5.78 Å². The molecule has 4 heterocycles. The number of nitrogens with zero attached hydrogens (tertiary/aromatic N) is 6. The lowest BCUT2D eigenvalue weighted by Crippen LogP contribution is -2.47. The molecule has 0 amide bonds. The van der Waals surface area contributed by atoms with E-state index in [9.17, 15) is 27.0 Å². The molecule has 2 aromatic heterocycles. The van der Waals surface area contributed by atoms with Crippen LogP contribution >= 0.6 is 22.7 Å². The van der Waals surface area contributed by atoms with E-state index in [1.165, 1.54) is 46.9 Å². The van der Waals surface area contributed by atoms with E-state index in [0.29, 0.717) is 74.8 Å². The number of fused-ring (bicyclic) bond motifs is 2. The number of thiazole rings is 2. The average Bonchev–Trinajstić information content (AvgIpc) is 3.87. The fourth-order valence-electron chi connectivity index (χ4n) is 7.67.